The Labute approximate surface area is 243 Å². The summed E-state index contributed by atoms with van der Waals surface area (Å²) in [6, 6.07) is 20.4. The van der Waals surface area contributed by atoms with Crippen molar-refractivity contribution in [3.05, 3.63) is 81.9 Å². The Morgan fingerprint density at radius 2 is 1.77 bits per heavy atom. The molecule has 2 N–H and O–H groups in total. The molecule has 2 aromatic heterocycles. The van der Waals surface area contributed by atoms with Crippen molar-refractivity contribution in [1.82, 2.24) is 14.9 Å². The first-order chi connectivity index (χ1) is 19.0. The quantitative estimate of drug-likeness (QED) is 0.233. The number of hydrogen-bond donors (Lipinski definition) is 2. The molecule has 0 atom stereocenters. The standard InChI is InChI=1S/C32H34BrClN4O/c33-25-21-36-30-28(19-27(37-29(25)30)24-11-5-6-12-26(24)34)35-20-22-13-17-38(18-14-22)31(39)32(15-7-2-8-16-32)23-9-3-1-4-10-23/h1,3-6,9-12,19,21-22,36H,2,7-8,13-18,20H2,(H,35,37). The van der Waals surface area contributed by atoms with Crippen molar-refractivity contribution in [3.8, 4) is 11.3 Å². The van der Waals surface area contributed by atoms with Crippen molar-refractivity contribution in [3.63, 3.8) is 0 Å². The summed E-state index contributed by atoms with van der Waals surface area (Å²) in [4.78, 5) is 24.4. The molecule has 0 unspecified atom stereocenters. The van der Waals surface area contributed by atoms with Crippen LogP contribution >= 0.6 is 27.5 Å². The Balaban J connectivity index is 1.15. The summed E-state index contributed by atoms with van der Waals surface area (Å²) in [5.41, 5.74) is 5.50. The lowest BCUT2D eigenvalue weighted by Gasteiger charge is -2.42. The van der Waals surface area contributed by atoms with E-state index in [0.29, 0.717) is 16.8 Å². The predicted molar refractivity (Wildman–Crippen MR) is 163 cm³/mol. The van der Waals surface area contributed by atoms with Crippen molar-refractivity contribution in [2.75, 3.05) is 25.0 Å². The average Bonchev–Trinajstić information content (AvgIpc) is 3.37. The molecule has 7 heteroatoms. The number of anilines is 1. The smallest absolute Gasteiger partial charge is 0.233 e. The fraction of sp³-hybridized carbons (Fsp3) is 0.375. The SMILES string of the molecule is O=C(N1CCC(CNc2cc(-c3ccccc3Cl)nc3c(Br)c[nH]c23)CC1)C1(c2ccccc2)CCCCC1. The van der Waals surface area contributed by atoms with Crippen LogP contribution in [0.4, 0.5) is 5.69 Å². The van der Waals surface area contributed by atoms with Gasteiger partial charge in [-0.25, -0.2) is 4.98 Å². The molecule has 2 fully saturated rings. The first-order valence-electron chi connectivity index (χ1n) is 14.1. The molecule has 1 aliphatic carbocycles. The number of rotatable bonds is 6. The molecule has 202 valence electrons. The summed E-state index contributed by atoms with van der Waals surface area (Å²) in [6.45, 7) is 2.50. The molecule has 0 radical (unpaired) electrons. The van der Waals surface area contributed by atoms with Gasteiger partial charge in [-0.3, -0.25) is 4.79 Å². The highest BCUT2D eigenvalue weighted by molar-refractivity contribution is 9.10. The maximum atomic E-state index is 14.0. The molecule has 0 spiro atoms. The fourth-order valence-corrected chi connectivity index (χ4v) is 7.08. The largest absolute Gasteiger partial charge is 0.383 e. The second-order valence-electron chi connectivity index (χ2n) is 11.0. The molecular weight excluding hydrogens is 572 g/mol. The van der Waals surface area contributed by atoms with Crippen LogP contribution in [0.2, 0.25) is 5.02 Å². The number of piperidine rings is 1. The maximum Gasteiger partial charge on any atom is 0.233 e. The molecule has 39 heavy (non-hydrogen) atoms. The van der Waals surface area contributed by atoms with E-state index in [4.69, 9.17) is 16.6 Å². The summed E-state index contributed by atoms with van der Waals surface area (Å²) in [7, 11) is 0. The Hall–Kier alpha value is -2.83. The van der Waals surface area contributed by atoms with Crippen molar-refractivity contribution < 1.29 is 4.79 Å². The molecule has 4 aromatic rings. The van der Waals surface area contributed by atoms with Gasteiger partial charge in [0.05, 0.1) is 26.8 Å². The normalized spacial score (nSPS) is 17.8. The van der Waals surface area contributed by atoms with Crippen LogP contribution in [0.5, 0.6) is 0 Å². The molecule has 6 rings (SSSR count). The summed E-state index contributed by atoms with van der Waals surface area (Å²) < 4.78 is 0.927. The van der Waals surface area contributed by atoms with Crippen LogP contribution in [0.3, 0.4) is 0 Å². The summed E-state index contributed by atoms with van der Waals surface area (Å²) in [5.74, 6) is 0.842. The van der Waals surface area contributed by atoms with Gasteiger partial charge in [-0.2, -0.15) is 0 Å². The third-order valence-corrected chi connectivity index (χ3v) is 9.60. The van der Waals surface area contributed by atoms with E-state index in [2.05, 4.69) is 61.5 Å². The third kappa shape index (κ3) is 5.21. The van der Waals surface area contributed by atoms with E-state index in [1.165, 1.54) is 12.0 Å². The first-order valence-corrected chi connectivity index (χ1v) is 15.2. The van der Waals surface area contributed by atoms with Gasteiger partial charge in [-0.1, -0.05) is 79.4 Å². The summed E-state index contributed by atoms with van der Waals surface area (Å²) in [6.07, 6.45) is 9.36. The number of H-pyrrole nitrogens is 1. The predicted octanol–water partition coefficient (Wildman–Crippen LogP) is 8.20. The minimum atomic E-state index is -0.344. The molecule has 2 aromatic carbocycles. The second kappa shape index (κ2) is 11.3. The van der Waals surface area contributed by atoms with Gasteiger partial charge < -0.3 is 15.2 Å². The number of halogens is 2. The number of hydrogen-bond acceptors (Lipinski definition) is 3. The Morgan fingerprint density at radius 1 is 1.05 bits per heavy atom. The second-order valence-corrected chi connectivity index (χ2v) is 12.3. The van der Waals surface area contributed by atoms with E-state index >= 15 is 0 Å². The van der Waals surface area contributed by atoms with E-state index in [0.717, 1.165) is 90.6 Å². The highest BCUT2D eigenvalue weighted by Gasteiger charge is 2.44. The number of aromatic amines is 1. The van der Waals surface area contributed by atoms with Crippen LogP contribution in [0.25, 0.3) is 22.3 Å². The van der Waals surface area contributed by atoms with E-state index < -0.39 is 0 Å². The number of fused-ring (bicyclic) bond motifs is 1. The van der Waals surface area contributed by atoms with Gasteiger partial charge in [-0.05, 0) is 65.2 Å². The molecule has 2 aliphatic rings. The Morgan fingerprint density at radius 3 is 2.51 bits per heavy atom. The average molecular weight is 606 g/mol. The van der Waals surface area contributed by atoms with E-state index in [-0.39, 0.29) is 5.41 Å². The van der Waals surface area contributed by atoms with Gasteiger partial charge >= 0.3 is 0 Å². The van der Waals surface area contributed by atoms with Crippen molar-refractivity contribution in [2.24, 2.45) is 5.92 Å². The van der Waals surface area contributed by atoms with Crippen LogP contribution in [-0.4, -0.2) is 40.4 Å². The van der Waals surface area contributed by atoms with E-state index in [1.807, 2.05) is 36.5 Å². The summed E-state index contributed by atoms with van der Waals surface area (Å²) in [5, 5.41) is 4.39. The molecule has 1 saturated heterocycles. The minimum Gasteiger partial charge on any atom is -0.383 e. The molecule has 5 nitrogen and oxygen atoms in total. The highest BCUT2D eigenvalue weighted by atomic mass is 79.9. The van der Waals surface area contributed by atoms with Crippen LogP contribution in [0, 0.1) is 5.92 Å². The fourth-order valence-electron chi connectivity index (χ4n) is 6.45. The topological polar surface area (TPSA) is 61.0 Å². The number of amides is 1. The van der Waals surface area contributed by atoms with Gasteiger partial charge in [0.2, 0.25) is 5.91 Å². The lowest BCUT2D eigenvalue weighted by molar-refractivity contribution is -0.140. The zero-order chi connectivity index (χ0) is 26.8. The van der Waals surface area contributed by atoms with E-state index in [1.54, 1.807) is 0 Å². The number of aromatic nitrogens is 2. The first kappa shape index (κ1) is 26.4. The van der Waals surface area contributed by atoms with Gasteiger partial charge in [0, 0.05) is 36.4 Å². The lowest BCUT2D eigenvalue weighted by Crippen LogP contribution is -2.51. The van der Waals surface area contributed by atoms with Gasteiger partial charge in [0.1, 0.15) is 5.52 Å². The molecule has 1 saturated carbocycles. The van der Waals surface area contributed by atoms with Gasteiger partial charge in [0.15, 0.2) is 0 Å². The Bertz CT molecular complexity index is 1460. The van der Waals surface area contributed by atoms with Crippen LogP contribution in [0.15, 0.2) is 71.3 Å². The molecular formula is C32H34BrClN4O. The highest BCUT2D eigenvalue weighted by Crippen LogP contribution is 2.42. The van der Waals surface area contributed by atoms with Crippen LogP contribution in [-0.2, 0) is 10.2 Å². The lowest BCUT2D eigenvalue weighted by atomic mass is 9.68. The maximum absolute atomic E-state index is 14.0. The van der Waals surface area contributed by atoms with Crippen molar-refractivity contribution in [1.29, 1.82) is 0 Å². The van der Waals surface area contributed by atoms with Gasteiger partial charge in [0.25, 0.3) is 0 Å². The minimum absolute atomic E-state index is 0.344. The molecule has 0 bridgehead atoms. The number of pyridine rings is 1. The van der Waals surface area contributed by atoms with Crippen molar-refractivity contribution in [2.45, 2.75) is 50.4 Å². The number of nitrogens with one attached hydrogen (secondary N) is 2. The monoisotopic (exact) mass is 604 g/mol. The number of carbonyl (C=O) groups is 1. The van der Waals surface area contributed by atoms with E-state index in [9.17, 15) is 4.79 Å². The molecule has 1 aliphatic heterocycles. The number of benzene rings is 2. The zero-order valence-corrected chi connectivity index (χ0v) is 24.4. The third-order valence-electron chi connectivity index (χ3n) is 8.66. The Kier molecular flexibility index (Phi) is 7.68. The zero-order valence-electron chi connectivity index (χ0n) is 22.1. The number of likely N-dealkylation sites (tertiary alicyclic amines) is 1. The summed E-state index contributed by atoms with van der Waals surface area (Å²) >= 11 is 10.1. The van der Waals surface area contributed by atoms with Crippen LogP contribution in [0.1, 0.15) is 50.5 Å². The number of nitrogens with zero attached hydrogens (tertiary/aromatic N) is 2. The molecule has 1 amide bonds. The van der Waals surface area contributed by atoms with Crippen molar-refractivity contribution >= 4 is 50.2 Å². The molecule has 3 heterocycles. The van der Waals surface area contributed by atoms with Gasteiger partial charge in [-0.15, -0.1) is 0 Å². The van der Waals surface area contributed by atoms with Crippen LogP contribution < -0.4 is 5.32 Å². The number of carbonyl (C=O) groups excluding carboxylic acids is 1.